The third-order valence-corrected chi connectivity index (χ3v) is 5.45. The number of nitrogens with zero attached hydrogens (tertiary/aromatic N) is 2. The number of hydrogen-bond donors (Lipinski definition) is 0. The maximum Gasteiger partial charge on any atom is 0.308 e. The van der Waals surface area contributed by atoms with Crippen LogP contribution < -0.4 is 4.74 Å². The van der Waals surface area contributed by atoms with E-state index in [9.17, 15) is 9.59 Å². The molecule has 7 heteroatoms. The van der Waals surface area contributed by atoms with Gasteiger partial charge in [0.15, 0.2) is 5.76 Å². The topological polar surface area (TPSA) is 81.9 Å². The highest BCUT2D eigenvalue weighted by Gasteiger charge is 2.28. The predicted octanol–water partition coefficient (Wildman–Crippen LogP) is 2.62. The molecule has 2 aliphatic rings. The largest absolute Gasteiger partial charge is 0.490 e. The first-order chi connectivity index (χ1) is 13.5. The van der Waals surface area contributed by atoms with E-state index >= 15 is 0 Å². The Balaban J connectivity index is 1.37. The molecule has 1 fully saturated rings. The van der Waals surface area contributed by atoms with Crippen LogP contribution in [0.5, 0.6) is 5.75 Å². The maximum absolute atomic E-state index is 12.6. The van der Waals surface area contributed by atoms with E-state index in [1.165, 1.54) is 7.11 Å². The van der Waals surface area contributed by atoms with Crippen molar-refractivity contribution in [2.75, 3.05) is 20.2 Å². The molecular weight excluding hydrogens is 360 g/mol. The average Bonchev–Trinajstić information content (AvgIpc) is 3.32. The first-order valence-electron chi connectivity index (χ1n) is 9.64. The number of ether oxygens (including phenoxy) is 2. The first kappa shape index (κ1) is 18.5. The summed E-state index contributed by atoms with van der Waals surface area (Å²) >= 11 is 0. The zero-order chi connectivity index (χ0) is 19.7. The van der Waals surface area contributed by atoms with Crippen molar-refractivity contribution in [1.29, 1.82) is 0 Å². The van der Waals surface area contributed by atoms with Crippen LogP contribution >= 0.6 is 0 Å². The Hall–Kier alpha value is -2.83. The standard InChI is InChI=1S/C21H24N2O5/c1-13-9-16-10-15(3-4-18(16)27-13)19-11-17(22-28-19)12-20(24)23-7-5-14(6-8-23)21(25)26-2/h3-4,10-11,13-14H,5-9,12H2,1-2H3. The van der Waals surface area contributed by atoms with Gasteiger partial charge in [0.25, 0.3) is 0 Å². The van der Waals surface area contributed by atoms with E-state index in [1.54, 1.807) is 4.90 Å². The van der Waals surface area contributed by atoms with E-state index in [1.807, 2.05) is 25.1 Å². The second-order valence-corrected chi connectivity index (χ2v) is 7.49. The summed E-state index contributed by atoms with van der Waals surface area (Å²) in [4.78, 5) is 25.9. The lowest BCUT2D eigenvalue weighted by Crippen LogP contribution is -2.41. The van der Waals surface area contributed by atoms with Crippen molar-refractivity contribution >= 4 is 11.9 Å². The highest BCUT2D eigenvalue weighted by molar-refractivity contribution is 5.79. The summed E-state index contributed by atoms with van der Waals surface area (Å²) in [5, 5.41) is 4.06. The van der Waals surface area contributed by atoms with Gasteiger partial charge in [-0.05, 0) is 43.5 Å². The van der Waals surface area contributed by atoms with Crippen LogP contribution in [0, 0.1) is 5.92 Å². The summed E-state index contributed by atoms with van der Waals surface area (Å²) in [5.41, 5.74) is 2.70. The Morgan fingerprint density at radius 3 is 2.79 bits per heavy atom. The molecule has 3 heterocycles. The zero-order valence-corrected chi connectivity index (χ0v) is 16.1. The Morgan fingerprint density at radius 2 is 2.04 bits per heavy atom. The van der Waals surface area contributed by atoms with Crippen molar-refractivity contribution < 1.29 is 23.6 Å². The number of esters is 1. The highest BCUT2D eigenvalue weighted by atomic mass is 16.5. The summed E-state index contributed by atoms with van der Waals surface area (Å²) in [6, 6.07) is 7.77. The lowest BCUT2D eigenvalue weighted by Gasteiger charge is -2.30. The number of fused-ring (bicyclic) bond motifs is 1. The molecule has 28 heavy (non-hydrogen) atoms. The van der Waals surface area contributed by atoms with Crippen molar-refractivity contribution in [2.45, 2.75) is 38.7 Å². The summed E-state index contributed by atoms with van der Waals surface area (Å²) in [6.07, 6.45) is 2.54. The van der Waals surface area contributed by atoms with Crippen molar-refractivity contribution in [3.63, 3.8) is 0 Å². The third kappa shape index (κ3) is 3.74. The maximum atomic E-state index is 12.6. The first-order valence-corrected chi connectivity index (χ1v) is 9.64. The monoisotopic (exact) mass is 384 g/mol. The Kier molecular flexibility index (Phi) is 5.07. The smallest absolute Gasteiger partial charge is 0.308 e. The number of piperidine rings is 1. The molecule has 2 aliphatic heterocycles. The number of rotatable bonds is 4. The average molecular weight is 384 g/mol. The molecule has 0 N–H and O–H groups in total. The molecule has 0 radical (unpaired) electrons. The van der Waals surface area contributed by atoms with E-state index in [0.717, 1.165) is 23.3 Å². The quantitative estimate of drug-likeness (QED) is 0.754. The number of carbonyl (C=O) groups excluding carboxylic acids is 2. The molecule has 1 amide bonds. The van der Waals surface area contributed by atoms with Crippen molar-refractivity contribution in [3.05, 3.63) is 35.5 Å². The van der Waals surface area contributed by atoms with Crippen LogP contribution in [0.2, 0.25) is 0 Å². The Morgan fingerprint density at radius 1 is 1.25 bits per heavy atom. The summed E-state index contributed by atoms with van der Waals surface area (Å²) < 4.78 is 16.0. The molecular formula is C21H24N2O5. The van der Waals surface area contributed by atoms with E-state index in [-0.39, 0.29) is 30.3 Å². The summed E-state index contributed by atoms with van der Waals surface area (Å²) in [6.45, 7) is 3.17. The van der Waals surface area contributed by atoms with Crippen LogP contribution in [0.4, 0.5) is 0 Å². The number of hydrogen-bond acceptors (Lipinski definition) is 6. The number of amides is 1. The summed E-state index contributed by atoms with van der Waals surface area (Å²) in [5.74, 6) is 1.26. The fourth-order valence-corrected chi connectivity index (χ4v) is 3.90. The van der Waals surface area contributed by atoms with Gasteiger partial charge < -0.3 is 18.9 Å². The van der Waals surface area contributed by atoms with Crippen LogP contribution in [0.15, 0.2) is 28.8 Å². The second-order valence-electron chi connectivity index (χ2n) is 7.49. The second kappa shape index (κ2) is 7.66. The number of aromatic nitrogens is 1. The van der Waals surface area contributed by atoms with Gasteiger partial charge in [-0.15, -0.1) is 0 Å². The molecule has 4 rings (SSSR count). The molecule has 0 saturated carbocycles. The van der Waals surface area contributed by atoms with Crippen LogP contribution in [-0.2, 0) is 27.2 Å². The number of likely N-dealkylation sites (tertiary alicyclic amines) is 1. The number of methoxy groups -OCH3 is 1. The lowest BCUT2D eigenvalue weighted by atomic mass is 9.97. The van der Waals surface area contributed by atoms with Gasteiger partial charge in [-0.2, -0.15) is 0 Å². The van der Waals surface area contributed by atoms with Crippen LogP contribution in [0.1, 0.15) is 31.0 Å². The van der Waals surface area contributed by atoms with E-state index in [4.69, 9.17) is 14.0 Å². The highest BCUT2D eigenvalue weighted by Crippen LogP contribution is 2.33. The predicted molar refractivity (Wildman–Crippen MR) is 101 cm³/mol. The van der Waals surface area contributed by atoms with Crippen LogP contribution in [0.3, 0.4) is 0 Å². The van der Waals surface area contributed by atoms with Gasteiger partial charge in [0.05, 0.1) is 25.1 Å². The minimum absolute atomic E-state index is 0.000607. The molecule has 1 aromatic carbocycles. The van der Waals surface area contributed by atoms with Gasteiger partial charge in [0, 0.05) is 31.1 Å². The SMILES string of the molecule is COC(=O)C1CCN(C(=O)Cc2cc(-c3ccc4c(c3)CC(C)O4)on2)CC1. The molecule has 148 valence electrons. The zero-order valence-electron chi connectivity index (χ0n) is 16.1. The van der Waals surface area contributed by atoms with Gasteiger partial charge in [-0.25, -0.2) is 0 Å². The van der Waals surface area contributed by atoms with Gasteiger partial charge in [0.2, 0.25) is 5.91 Å². The van der Waals surface area contributed by atoms with Crippen LogP contribution in [0.25, 0.3) is 11.3 Å². The van der Waals surface area contributed by atoms with E-state index in [0.29, 0.717) is 37.4 Å². The van der Waals surface area contributed by atoms with E-state index in [2.05, 4.69) is 11.2 Å². The van der Waals surface area contributed by atoms with Gasteiger partial charge >= 0.3 is 5.97 Å². The molecule has 1 aromatic heterocycles. The molecule has 1 saturated heterocycles. The lowest BCUT2D eigenvalue weighted by molar-refractivity contribution is -0.148. The molecule has 0 aliphatic carbocycles. The van der Waals surface area contributed by atoms with Gasteiger partial charge in [-0.3, -0.25) is 9.59 Å². The Bertz CT molecular complexity index is 883. The minimum Gasteiger partial charge on any atom is -0.490 e. The van der Waals surface area contributed by atoms with Gasteiger partial charge in [-0.1, -0.05) is 5.16 Å². The third-order valence-electron chi connectivity index (χ3n) is 5.45. The number of benzene rings is 1. The molecule has 1 atom stereocenters. The molecule has 1 unspecified atom stereocenters. The van der Waals surface area contributed by atoms with E-state index < -0.39 is 0 Å². The number of carbonyl (C=O) groups is 2. The fourth-order valence-electron chi connectivity index (χ4n) is 3.90. The Labute approximate surface area is 163 Å². The van der Waals surface area contributed by atoms with Crippen molar-refractivity contribution in [1.82, 2.24) is 10.1 Å². The molecule has 2 aromatic rings. The van der Waals surface area contributed by atoms with Crippen molar-refractivity contribution in [3.8, 4) is 17.1 Å². The minimum atomic E-state index is -0.192. The van der Waals surface area contributed by atoms with Crippen molar-refractivity contribution in [2.24, 2.45) is 5.92 Å². The normalized spacial score (nSPS) is 19.2. The molecule has 7 nitrogen and oxygen atoms in total. The summed E-state index contributed by atoms with van der Waals surface area (Å²) in [7, 11) is 1.40. The van der Waals surface area contributed by atoms with Gasteiger partial charge in [0.1, 0.15) is 11.9 Å². The molecule has 0 spiro atoms. The van der Waals surface area contributed by atoms with Crippen LogP contribution in [-0.4, -0.2) is 48.2 Å². The molecule has 0 bridgehead atoms. The fraction of sp³-hybridized carbons (Fsp3) is 0.476.